The predicted octanol–water partition coefficient (Wildman–Crippen LogP) is 3.18. The standard InChI is InChI=1S/C23H22FN3O3S/c24-18-10-4-2-8-16(18)20-26(12-13-31-20)19(28)14-27-21(29)23(25-22(27)30)11-5-7-15-6-1-3-9-17(15)23/h1-4,6,8-10,20H,5,7,11-14H2,(H,25,30)/t20-,23+/m1/s1. The highest BCUT2D eigenvalue weighted by Gasteiger charge is 2.54. The van der Waals surface area contributed by atoms with Gasteiger partial charge in [-0.2, -0.15) is 0 Å². The summed E-state index contributed by atoms with van der Waals surface area (Å²) >= 11 is 1.48. The van der Waals surface area contributed by atoms with Crippen molar-refractivity contribution in [3.63, 3.8) is 0 Å². The number of thioether (sulfide) groups is 1. The van der Waals surface area contributed by atoms with Crippen molar-refractivity contribution in [1.82, 2.24) is 15.1 Å². The maximum Gasteiger partial charge on any atom is 0.325 e. The first kappa shape index (κ1) is 20.1. The first-order chi connectivity index (χ1) is 15.0. The van der Waals surface area contributed by atoms with Crippen molar-refractivity contribution in [2.75, 3.05) is 18.8 Å². The molecule has 1 N–H and O–H groups in total. The summed E-state index contributed by atoms with van der Waals surface area (Å²) < 4.78 is 14.3. The number of carbonyl (C=O) groups excluding carboxylic acids is 3. The number of hydrogen-bond donors (Lipinski definition) is 1. The van der Waals surface area contributed by atoms with Crippen LogP contribution in [0, 0.1) is 5.82 Å². The number of nitrogens with zero attached hydrogens (tertiary/aromatic N) is 2. The summed E-state index contributed by atoms with van der Waals surface area (Å²) in [5, 5.41) is 2.42. The number of fused-ring (bicyclic) bond motifs is 2. The fourth-order valence-electron chi connectivity index (χ4n) is 4.84. The minimum atomic E-state index is -1.10. The van der Waals surface area contributed by atoms with E-state index in [0.717, 1.165) is 28.9 Å². The molecule has 0 radical (unpaired) electrons. The Balaban J connectivity index is 1.39. The number of carbonyl (C=O) groups is 3. The molecule has 0 bridgehead atoms. The summed E-state index contributed by atoms with van der Waals surface area (Å²) in [6.07, 6.45) is 2.15. The van der Waals surface area contributed by atoms with Gasteiger partial charge in [0.1, 0.15) is 23.3 Å². The van der Waals surface area contributed by atoms with Gasteiger partial charge in [0.05, 0.1) is 0 Å². The number of aryl methyl sites for hydroxylation is 1. The fourth-order valence-corrected chi connectivity index (χ4v) is 6.14. The molecule has 2 saturated heterocycles. The average molecular weight is 440 g/mol. The van der Waals surface area contributed by atoms with Crippen LogP contribution >= 0.6 is 11.8 Å². The highest BCUT2D eigenvalue weighted by molar-refractivity contribution is 7.99. The molecule has 5 rings (SSSR count). The highest BCUT2D eigenvalue weighted by Crippen LogP contribution is 2.41. The van der Waals surface area contributed by atoms with Gasteiger partial charge in [0.25, 0.3) is 5.91 Å². The smallest absolute Gasteiger partial charge is 0.324 e. The summed E-state index contributed by atoms with van der Waals surface area (Å²) in [5.74, 6) is -0.440. The fraction of sp³-hybridized carbons (Fsp3) is 0.348. The molecule has 160 valence electrons. The maximum atomic E-state index is 14.3. The number of imide groups is 1. The Morgan fingerprint density at radius 3 is 2.77 bits per heavy atom. The minimum absolute atomic E-state index is 0.347. The molecule has 2 heterocycles. The van der Waals surface area contributed by atoms with Crippen molar-refractivity contribution in [3.8, 4) is 0 Å². The lowest BCUT2D eigenvalue weighted by molar-refractivity contribution is -0.139. The Kier molecular flexibility index (Phi) is 4.97. The number of amides is 4. The number of rotatable bonds is 3. The SMILES string of the molecule is O=C1N[C@]2(CCCc3ccccc32)C(=O)N1CC(=O)N1CCS[C@@H]1c1ccccc1F. The third-order valence-corrected chi connectivity index (χ3v) is 7.57. The van der Waals surface area contributed by atoms with Gasteiger partial charge in [0, 0.05) is 17.9 Å². The molecule has 2 aliphatic heterocycles. The van der Waals surface area contributed by atoms with Gasteiger partial charge in [-0.3, -0.25) is 14.5 Å². The second-order valence-electron chi connectivity index (χ2n) is 8.07. The van der Waals surface area contributed by atoms with E-state index < -0.39 is 16.9 Å². The summed E-state index contributed by atoms with van der Waals surface area (Å²) in [6.45, 7) is 0.0974. The number of benzene rings is 2. The zero-order valence-corrected chi connectivity index (χ0v) is 17.7. The van der Waals surface area contributed by atoms with Crippen molar-refractivity contribution in [3.05, 3.63) is 71.0 Å². The number of urea groups is 1. The molecule has 1 spiro atoms. The molecule has 4 amide bonds. The third kappa shape index (κ3) is 3.20. The van der Waals surface area contributed by atoms with E-state index in [9.17, 15) is 18.8 Å². The summed E-state index contributed by atoms with van der Waals surface area (Å²) in [5.41, 5.74) is 1.20. The molecule has 6 nitrogen and oxygen atoms in total. The average Bonchev–Trinajstić information content (AvgIpc) is 3.34. The van der Waals surface area contributed by atoms with Gasteiger partial charge in [-0.15, -0.1) is 11.8 Å². The van der Waals surface area contributed by atoms with Crippen LogP contribution in [-0.4, -0.2) is 46.5 Å². The molecular formula is C23H22FN3O3S. The van der Waals surface area contributed by atoms with Crippen molar-refractivity contribution in [1.29, 1.82) is 0 Å². The second kappa shape index (κ2) is 7.67. The molecule has 31 heavy (non-hydrogen) atoms. The van der Waals surface area contributed by atoms with E-state index in [4.69, 9.17) is 0 Å². The topological polar surface area (TPSA) is 69.7 Å². The highest BCUT2D eigenvalue weighted by atomic mass is 32.2. The molecule has 2 atom stereocenters. The minimum Gasteiger partial charge on any atom is -0.324 e. The van der Waals surface area contributed by atoms with Gasteiger partial charge in [-0.05, 0) is 36.5 Å². The van der Waals surface area contributed by atoms with E-state index in [1.165, 1.54) is 17.8 Å². The van der Waals surface area contributed by atoms with Crippen LogP contribution in [0.25, 0.3) is 0 Å². The lowest BCUT2D eigenvalue weighted by Gasteiger charge is -2.33. The Morgan fingerprint density at radius 2 is 1.94 bits per heavy atom. The predicted molar refractivity (Wildman–Crippen MR) is 115 cm³/mol. The zero-order chi connectivity index (χ0) is 21.6. The van der Waals surface area contributed by atoms with Crippen LogP contribution in [-0.2, 0) is 21.5 Å². The quantitative estimate of drug-likeness (QED) is 0.746. The van der Waals surface area contributed by atoms with Crippen molar-refractivity contribution in [2.45, 2.75) is 30.2 Å². The molecule has 2 aromatic carbocycles. The Labute approximate surface area is 183 Å². The van der Waals surface area contributed by atoms with Crippen LogP contribution in [0.1, 0.15) is 34.9 Å². The summed E-state index contributed by atoms with van der Waals surface area (Å²) in [4.78, 5) is 41.9. The maximum absolute atomic E-state index is 14.3. The van der Waals surface area contributed by atoms with Crippen LogP contribution in [0.5, 0.6) is 0 Å². The normalized spacial score (nSPS) is 25.1. The molecule has 0 aromatic heterocycles. The lowest BCUT2D eigenvalue weighted by Crippen LogP contribution is -2.47. The Hall–Kier alpha value is -2.87. The monoisotopic (exact) mass is 439 g/mol. The van der Waals surface area contributed by atoms with Crippen molar-refractivity contribution >= 4 is 29.6 Å². The van der Waals surface area contributed by atoms with E-state index >= 15 is 0 Å². The van der Waals surface area contributed by atoms with Gasteiger partial charge in [-0.25, -0.2) is 9.18 Å². The Bertz CT molecular complexity index is 1080. The van der Waals surface area contributed by atoms with Crippen LogP contribution in [0.4, 0.5) is 9.18 Å². The first-order valence-electron chi connectivity index (χ1n) is 10.4. The molecular weight excluding hydrogens is 417 g/mol. The summed E-state index contributed by atoms with van der Waals surface area (Å²) in [7, 11) is 0. The summed E-state index contributed by atoms with van der Waals surface area (Å²) in [6, 6.07) is 13.5. The number of nitrogens with one attached hydrogen (secondary N) is 1. The van der Waals surface area contributed by atoms with Crippen LogP contribution in [0.3, 0.4) is 0 Å². The van der Waals surface area contributed by atoms with Crippen LogP contribution < -0.4 is 5.32 Å². The molecule has 2 fully saturated rings. The Morgan fingerprint density at radius 1 is 1.16 bits per heavy atom. The third-order valence-electron chi connectivity index (χ3n) is 6.33. The van der Waals surface area contributed by atoms with Gasteiger partial charge in [0.2, 0.25) is 5.91 Å². The largest absolute Gasteiger partial charge is 0.325 e. The van der Waals surface area contributed by atoms with E-state index in [1.54, 1.807) is 23.1 Å². The van der Waals surface area contributed by atoms with E-state index in [-0.39, 0.29) is 24.2 Å². The van der Waals surface area contributed by atoms with Gasteiger partial charge in [0.15, 0.2) is 0 Å². The molecule has 2 aromatic rings. The number of halogens is 1. The van der Waals surface area contributed by atoms with Gasteiger partial charge in [-0.1, -0.05) is 42.5 Å². The number of hydrogen-bond acceptors (Lipinski definition) is 4. The van der Waals surface area contributed by atoms with Crippen LogP contribution in [0.2, 0.25) is 0 Å². The second-order valence-corrected chi connectivity index (χ2v) is 9.26. The molecule has 1 aliphatic carbocycles. The van der Waals surface area contributed by atoms with Gasteiger partial charge < -0.3 is 10.2 Å². The van der Waals surface area contributed by atoms with E-state index in [1.807, 2.05) is 24.3 Å². The van der Waals surface area contributed by atoms with E-state index in [2.05, 4.69) is 5.32 Å². The molecule has 8 heteroatoms. The van der Waals surface area contributed by atoms with Crippen molar-refractivity contribution < 1.29 is 18.8 Å². The molecule has 0 saturated carbocycles. The van der Waals surface area contributed by atoms with E-state index in [0.29, 0.717) is 24.3 Å². The van der Waals surface area contributed by atoms with Crippen LogP contribution in [0.15, 0.2) is 48.5 Å². The van der Waals surface area contributed by atoms with Crippen molar-refractivity contribution in [2.24, 2.45) is 0 Å². The zero-order valence-electron chi connectivity index (χ0n) is 16.8. The first-order valence-corrected chi connectivity index (χ1v) is 11.4. The molecule has 0 unspecified atom stereocenters. The molecule has 3 aliphatic rings. The van der Waals surface area contributed by atoms with Gasteiger partial charge >= 0.3 is 6.03 Å². The lowest BCUT2D eigenvalue weighted by atomic mass is 9.76.